The van der Waals surface area contributed by atoms with Gasteiger partial charge in [-0.25, -0.2) is 18.2 Å². The second-order valence-corrected chi connectivity index (χ2v) is 8.57. The summed E-state index contributed by atoms with van der Waals surface area (Å²) in [5.41, 5.74) is 1.33. The second-order valence-electron chi connectivity index (χ2n) is 5.80. The Balaban J connectivity index is 1.76. The molecule has 8 heteroatoms. The predicted molar refractivity (Wildman–Crippen MR) is 96.6 cm³/mol. The van der Waals surface area contributed by atoms with Crippen LogP contribution in [0.1, 0.15) is 47.1 Å². The minimum Gasteiger partial charge on any atom is -0.462 e. The zero-order valence-corrected chi connectivity index (χ0v) is 15.6. The Labute approximate surface area is 151 Å². The van der Waals surface area contributed by atoms with Crippen LogP contribution in [0.15, 0.2) is 29.2 Å². The van der Waals surface area contributed by atoms with E-state index < -0.39 is 16.0 Å². The lowest BCUT2D eigenvalue weighted by atomic mass is 10.2. The van der Waals surface area contributed by atoms with Crippen molar-refractivity contribution < 1.29 is 17.9 Å². The van der Waals surface area contributed by atoms with Crippen molar-refractivity contribution in [1.82, 2.24) is 4.98 Å². The second kappa shape index (κ2) is 7.53. The Morgan fingerprint density at radius 1 is 1.20 bits per heavy atom. The van der Waals surface area contributed by atoms with E-state index in [0.717, 1.165) is 31.4 Å². The van der Waals surface area contributed by atoms with E-state index in [4.69, 9.17) is 4.74 Å². The molecule has 1 N–H and O–H groups in total. The van der Waals surface area contributed by atoms with Gasteiger partial charge in [0.15, 0.2) is 5.13 Å². The third-order valence-corrected chi connectivity index (χ3v) is 6.55. The number of aromatic nitrogens is 1. The molecule has 25 heavy (non-hydrogen) atoms. The van der Waals surface area contributed by atoms with Gasteiger partial charge in [-0.05, 0) is 56.9 Å². The topological polar surface area (TPSA) is 85.4 Å². The van der Waals surface area contributed by atoms with Crippen molar-refractivity contribution in [2.45, 2.75) is 43.9 Å². The van der Waals surface area contributed by atoms with E-state index in [2.05, 4.69) is 9.71 Å². The van der Waals surface area contributed by atoms with Gasteiger partial charge in [0.05, 0.1) is 22.8 Å². The van der Waals surface area contributed by atoms with E-state index in [1.54, 1.807) is 6.92 Å². The zero-order valence-electron chi connectivity index (χ0n) is 13.9. The van der Waals surface area contributed by atoms with E-state index in [-0.39, 0.29) is 11.5 Å². The average Bonchev–Trinajstić information content (AvgIpc) is 2.82. The summed E-state index contributed by atoms with van der Waals surface area (Å²) in [6.07, 6.45) is 5.27. The number of nitrogens with zero attached hydrogens (tertiary/aromatic N) is 1. The molecule has 0 atom stereocenters. The van der Waals surface area contributed by atoms with Crippen molar-refractivity contribution in [3.05, 3.63) is 40.4 Å². The zero-order chi connectivity index (χ0) is 17.9. The standard InChI is InChI=1S/C17H20N2O4S2/c1-2-23-16(20)12-8-10-13(11-9-12)25(21,22)19-17-18-14-6-4-3-5-7-15(14)24-17/h8-11H,2-7H2,1H3,(H,18,19). The number of benzene rings is 1. The molecule has 2 aromatic rings. The first-order chi connectivity index (χ1) is 12.0. The van der Waals surface area contributed by atoms with Crippen molar-refractivity contribution in [3.8, 4) is 0 Å². The monoisotopic (exact) mass is 380 g/mol. The van der Waals surface area contributed by atoms with Crippen LogP contribution in [0.2, 0.25) is 0 Å². The molecule has 1 heterocycles. The van der Waals surface area contributed by atoms with E-state index in [1.165, 1.54) is 46.9 Å². The third kappa shape index (κ3) is 4.19. The molecule has 6 nitrogen and oxygen atoms in total. The molecule has 0 aliphatic heterocycles. The van der Waals surface area contributed by atoms with Crippen molar-refractivity contribution in [2.75, 3.05) is 11.3 Å². The number of sulfonamides is 1. The number of rotatable bonds is 5. The van der Waals surface area contributed by atoms with Gasteiger partial charge in [-0.15, -0.1) is 11.3 Å². The fraction of sp³-hybridized carbons (Fsp3) is 0.412. The summed E-state index contributed by atoms with van der Waals surface area (Å²) in [7, 11) is -3.73. The predicted octanol–water partition coefficient (Wildman–Crippen LogP) is 3.39. The first-order valence-electron chi connectivity index (χ1n) is 8.28. The number of carbonyl (C=O) groups excluding carboxylic acids is 1. The Bertz CT molecular complexity index is 834. The maximum Gasteiger partial charge on any atom is 0.338 e. The van der Waals surface area contributed by atoms with E-state index in [1.807, 2.05) is 0 Å². The van der Waals surface area contributed by atoms with Gasteiger partial charge in [-0.2, -0.15) is 0 Å². The van der Waals surface area contributed by atoms with Crippen molar-refractivity contribution >= 4 is 32.5 Å². The van der Waals surface area contributed by atoms with Crippen molar-refractivity contribution in [3.63, 3.8) is 0 Å². The lowest BCUT2D eigenvalue weighted by molar-refractivity contribution is 0.0526. The summed E-state index contributed by atoms with van der Waals surface area (Å²) in [5, 5.41) is 0.404. The Morgan fingerprint density at radius 2 is 1.92 bits per heavy atom. The lowest BCUT2D eigenvalue weighted by Gasteiger charge is -2.06. The number of thiazole rings is 1. The highest BCUT2D eigenvalue weighted by molar-refractivity contribution is 7.93. The number of nitrogens with one attached hydrogen (secondary N) is 1. The van der Waals surface area contributed by atoms with Gasteiger partial charge in [-0.3, -0.25) is 4.72 Å². The highest BCUT2D eigenvalue weighted by Gasteiger charge is 2.20. The molecule has 0 fully saturated rings. The first kappa shape index (κ1) is 17.9. The van der Waals surface area contributed by atoms with Crippen molar-refractivity contribution in [2.24, 2.45) is 0 Å². The van der Waals surface area contributed by atoms with E-state index in [0.29, 0.717) is 10.7 Å². The number of hydrogen-bond acceptors (Lipinski definition) is 6. The number of anilines is 1. The lowest BCUT2D eigenvalue weighted by Crippen LogP contribution is -2.13. The molecular formula is C17H20N2O4S2. The first-order valence-corrected chi connectivity index (χ1v) is 10.6. The molecule has 0 unspecified atom stereocenters. The fourth-order valence-electron chi connectivity index (χ4n) is 2.73. The van der Waals surface area contributed by atoms with Crippen LogP contribution in [0.4, 0.5) is 5.13 Å². The number of carbonyl (C=O) groups is 1. The van der Waals surface area contributed by atoms with Crippen LogP contribution >= 0.6 is 11.3 Å². The maximum absolute atomic E-state index is 12.5. The maximum atomic E-state index is 12.5. The summed E-state index contributed by atoms with van der Waals surface area (Å²) in [5.74, 6) is -0.469. The largest absolute Gasteiger partial charge is 0.462 e. The molecule has 0 radical (unpaired) electrons. The van der Waals surface area contributed by atoms with E-state index >= 15 is 0 Å². The summed E-state index contributed by atoms with van der Waals surface area (Å²) < 4.78 is 32.5. The Morgan fingerprint density at radius 3 is 2.64 bits per heavy atom. The number of aryl methyl sites for hydroxylation is 2. The molecule has 0 bridgehead atoms. The molecule has 134 valence electrons. The number of fused-ring (bicyclic) bond motifs is 1. The number of ether oxygens (including phenoxy) is 1. The van der Waals surface area contributed by atoms with Crippen LogP contribution in [-0.2, 0) is 27.6 Å². The molecule has 0 spiro atoms. The molecule has 1 aliphatic carbocycles. The van der Waals surface area contributed by atoms with Gasteiger partial charge in [0.2, 0.25) is 0 Å². The van der Waals surface area contributed by atoms with Crippen LogP contribution < -0.4 is 4.72 Å². The quantitative estimate of drug-likeness (QED) is 0.635. The summed E-state index contributed by atoms with van der Waals surface area (Å²) in [6.45, 7) is 1.99. The van der Waals surface area contributed by atoms with Crippen LogP contribution in [0, 0.1) is 0 Å². The van der Waals surface area contributed by atoms with Gasteiger partial charge in [-0.1, -0.05) is 6.42 Å². The Hall–Kier alpha value is -1.93. The van der Waals surface area contributed by atoms with Crippen LogP contribution in [0.25, 0.3) is 0 Å². The molecule has 0 amide bonds. The molecular weight excluding hydrogens is 360 g/mol. The SMILES string of the molecule is CCOC(=O)c1ccc(S(=O)(=O)Nc2nc3c(s2)CCCCC3)cc1. The van der Waals surface area contributed by atoms with Gasteiger partial charge in [0, 0.05) is 4.88 Å². The van der Waals surface area contributed by atoms with Crippen LogP contribution in [0.3, 0.4) is 0 Å². The van der Waals surface area contributed by atoms with Gasteiger partial charge in [0.25, 0.3) is 10.0 Å². The third-order valence-electron chi connectivity index (χ3n) is 3.99. The molecule has 0 saturated heterocycles. The van der Waals surface area contributed by atoms with Gasteiger partial charge in [0.1, 0.15) is 0 Å². The smallest absolute Gasteiger partial charge is 0.338 e. The summed E-state index contributed by atoms with van der Waals surface area (Å²) in [4.78, 5) is 17.3. The molecule has 3 rings (SSSR count). The van der Waals surface area contributed by atoms with E-state index in [9.17, 15) is 13.2 Å². The molecule has 1 aromatic heterocycles. The summed E-state index contributed by atoms with van der Waals surface area (Å²) in [6, 6.07) is 5.69. The highest BCUT2D eigenvalue weighted by atomic mass is 32.2. The molecule has 0 saturated carbocycles. The normalized spacial score (nSPS) is 14.4. The molecule has 1 aromatic carbocycles. The van der Waals surface area contributed by atoms with Crippen LogP contribution in [0.5, 0.6) is 0 Å². The minimum atomic E-state index is -3.73. The molecule has 1 aliphatic rings. The van der Waals surface area contributed by atoms with Gasteiger partial charge >= 0.3 is 5.97 Å². The fourth-order valence-corrected chi connectivity index (χ4v) is 5.02. The summed E-state index contributed by atoms with van der Waals surface area (Å²) >= 11 is 1.41. The number of esters is 1. The van der Waals surface area contributed by atoms with Crippen LogP contribution in [-0.4, -0.2) is 26.0 Å². The highest BCUT2D eigenvalue weighted by Crippen LogP contribution is 2.30. The van der Waals surface area contributed by atoms with Gasteiger partial charge < -0.3 is 4.74 Å². The minimum absolute atomic E-state index is 0.0888. The Kier molecular flexibility index (Phi) is 5.39. The number of hydrogen-bond donors (Lipinski definition) is 1. The van der Waals surface area contributed by atoms with Crippen molar-refractivity contribution in [1.29, 1.82) is 0 Å². The average molecular weight is 380 g/mol.